The van der Waals surface area contributed by atoms with Crippen molar-refractivity contribution in [2.75, 3.05) is 6.54 Å². The summed E-state index contributed by atoms with van der Waals surface area (Å²) >= 11 is 5.96. The van der Waals surface area contributed by atoms with Crippen LogP contribution in [0.1, 0.15) is 19.2 Å². The Kier molecular flexibility index (Phi) is 4.55. The molecule has 1 heterocycles. The molecule has 0 aliphatic rings. The van der Waals surface area contributed by atoms with Crippen molar-refractivity contribution in [1.29, 1.82) is 0 Å². The smallest absolute Gasteiger partial charge is 0.327 e. The lowest BCUT2D eigenvalue weighted by Crippen LogP contribution is -2.29. The van der Waals surface area contributed by atoms with Gasteiger partial charge in [0.05, 0.1) is 24.1 Å². The summed E-state index contributed by atoms with van der Waals surface area (Å²) in [5, 5.41) is 2.96. The zero-order valence-corrected chi connectivity index (χ0v) is 11.7. The van der Waals surface area contributed by atoms with E-state index in [1.54, 1.807) is 18.2 Å². The van der Waals surface area contributed by atoms with Crippen LogP contribution < -0.4 is 5.32 Å². The van der Waals surface area contributed by atoms with E-state index in [9.17, 15) is 13.2 Å². The van der Waals surface area contributed by atoms with Crippen LogP contribution in [0.25, 0.3) is 11.0 Å². The molecule has 0 radical (unpaired) electrons. The van der Waals surface area contributed by atoms with Crippen LogP contribution in [-0.4, -0.2) is 22.3 Å². The molecule has 2 rings (SSSR count). The third kappa shape index (κ3) is 3.64. The fraction of sp³-hybridized carbons (Fsp3) is 0.462. The minimum Gasteiger partial charge on any atom is -0.327 e. The van der Waals surface area contributed by atoms with Gasteiger partial charge in [-0.1, -0.05) is 18.5 Å². The fourth-order valence-electron chi connectivity index (χ4n) is 2.07. The molecule has 1 aromatic heterocycles. The summed E-state index contributed by atoms with van der Waals surface area (Å²) < 4.78 is 38.4. The third-order valence-corrected chi connectivity index (χ3v) is 3.08. The lowest BCUT2D eigenvalue weighted by molar-refractivity contribution is -0.125. The standard InChI is InChI=1S/C13H15ClF3N3/c1-2-5-20-11-6-9(14)3-4-10(11)19-12(20)7-18-8-13(15,16)17/h3-4,6,18H,2,5,7-8H2,1H3. The lowest BCUT2D eigenvalue weighted by Gasteiger charge is -2.10. The Bertz CT molecular complexity index is 592. The predicted octanol–water partition coefficient (Wildman–Crippen LogP) is 3.75. The van der Waals surface area contributed by atoms with Gasteiger partial charge < -0.3 is 9.88 Å². The highest BCUT2D eigenvalue weighted by Gasteiger charge is 2.26. The Hall–Kier alpha value is -1.27. The number of hydrogen-bond acceptors (Lipinski definition) is 2. The Morgan fingerprint density at radius 2 is 2.10 bits per heavy atom. The maximum Gasteiger partial charge on any atom is 0.401 e. The average molecular weight is 306 g/mol. The first-order valence-electron chi connectivity index (χ1n) is 6.33. The second-order valence-corrected chi connectivity index (χ2v) is 4.97. The highest BCUT2D eigenvalue weighted by molar-refractivity contribution is 6.31. The van der Waals surface area contributed by atoms with Crippen LogP contribution in [0, 0.1) is 0 Å². The van der Waals surface area contributed by atoms with E-state index in [2.05, 4.69) is 10.3 Å². The van der Waals surface area contributed by atoms with Gasteiger partial charge in [-0.2, -0.15) is 13.2 Å². The van der Waals surface area contributed by atoms with Crippen molar-refractivity contribution in [3.63, 3.8) is 0 Å². The molecule has 0 aliphatic heterocycles. The normalized spacial score (nSPS) is 12.2. The molecule has 1 aromatic carbocycles. The van der Waals surface area contributed by atoms with E-state index in [1.807, 2.05) is 11.5 Å². The molecule has 20 heavy (non-hydrogen) atoms. The second-order valence-electron chi connectivity index (χ2n) is 4.53. The number of halogens is 4. The molecule has 0 amide bonds. The molecule has 0 saturated heterocycles. The van der Waals surface area contributed by atoms with Gasteiger partial charge in [-0.05, 0) is 24.6 Å². The summed E-state index contributed by atoms with van der Waals surface area (Å²) in [6.07, 6.45) is -3.35. The Morgan fingerprint density at radius 1 is 1.35 bits per heavy atom. The fourth-order valence-corrected chi connectivity index (χ4v) is 2.24. The van der Waals surface area contributed by atoms with E-state index in [4.69, 9.17) is 11.6 Å². The van der Waals surface area contributed by atoms with Gasteiger partial charge in [-0.3, -0.25) is 0 Å². The highest BCUT2D eigenvalue weighted by Crippen LogP contribution is 2.21. The van der Waals surface area contributed by atoms with Gasteiger partial charge in [-0.25, -0.2) is 4.98 Å². The zero-order valence-electron chi connectivity index (χ0n) is 11.0. The van der Waals surface area contributed by atoms with Crippen LogP contribution in [0.4, 0.5) is 13.2 Å². The van der Waals surface area contributed by atoms with Gasteiger partial charge in [-0.15, -0.1) is 0 Å². The van der Waals surface area contributed by atoms with E-state index in [0.717, 1.165) is 17.5 Å². The molecule has 2 aromatic rings. The number of benzene rings is 1. The molecule has 0 aliphatic carbocycles. The summed E-state index contributed by atoms with van der Waals surface area (Å²) in [6, 6.07) is 5.28. The summed E-state index contributed by atoms with van der Waals surface area (Å²) in [6.45, 7) is 1.75. The van der Waals surface area contributed by atoms with Crippen molar-refractivity contribution in [3.05, 3.63) is 29.0 Å². The maximum atomic E-state index is 12.2. The molecule has 1 N–H and O–H groups in total. The van der Waals surface area contributed by atoms with E-state index in [1.165, 1.54) is 0 Å². The molecule has 0 bridgehead atoms. The Balaban J connectivity index is 2.25. The van der Waals surface area contributed by atoms with Crippen molar-refractivity contribution >= 4 is 22.6 Å². The van der Waals surface area contributed by atoms with Gasteiger partial charge >= 0.3 is 6.18 Å². The molecule has 110 valence electrons. The summed E-state index contributed by atoms with van der Waals surface area (Å²) in [4.78, 5) is 4.37. The molecular formula is C13H15ClF3N3. The minimum absolute atomic E-state index is 0.0752. The predicted molar refractivity (Wildman–Crippen MR) is 72.8 cm³/mol. The van der Waals surface area contributed by atoms with Crippen molar-refractivity contribution in [1.82, 2.24) is 14.9 Å². The number of aryl methyl sites for hydroxylation is 1. The summed E-state index contributed by atoms with van der Waals surface area (Å²) in [7, 11) is 0. The number of fused-ring (bicyclic) bond motifs is 1. The molecule has 3 nitrogen and oxygen atoms in total. The van der Waals surface area contributed by atoms with E-state index in [0.29, 0.717) is 17.4 Å². The van der Waals surface area contributed by atoms with Crippen molar-refractivity contribution in [2.24, 2.45) is 0 Å². The Labute approximate surface area is 119 Å². The maximum absolute atomic E-state index is 12.2. The number of nitrogens with one attached hydrogen (secondary N) is 1. The molecule has 0 atom stereocenters. The molecule has 0 unspecified atom stereocenters. The SMILES string of the molecule is CCCn1c(CNCC(F)(F)F)nc2ccc(Cl)cc21. The van der Waals surface area contributed by atoms with Gasteiger partial charge in [0.15, 0.2) is 0 Å². The number of hydrogen-bond donors (Lipinski definition) is 1. The first-order valence-corrected chi connectivity index (χ1v) is 6.70. The van der Waals surface area contributed by atoms with Crippen LogP contribution in [0.15, 0.2) is 18.2 Å². The first kappa shape index (κ1) is 15.1. The van der Waals surface area contributed by atoms with Crippen LogP contribution >= 0.6 is 11.6 Å². The van der Waals surface area contributed by atoms with Gasteiger partial charge in [0.25, 0.3) is 0 Å². The van der Waals surface area contributed by atoms with Crippen molar-refractivity contribution in [2.45, 2.75) is 32.6 Å². The van der Waals surface area contributed by atoms with Crippen molar-refractivity contribution in [3.8, 4) is 0 Å². The lowest BCUT2D eigenvalue weighted by atomic mass is 10.3. The monoisotopic (exact) mass is 305 g/mol. The number of imidazole rings is 1. The van der Waals surface area contributed by atoms with Crippen LogP contribution in [-0.2, 0) is 13.1 Å². The third-order valence-electron chi connectivity index (χ3n) is 2.85. The van der Waals surface area contributed by atoms with Gasteiger partial charge in [0.1, 0.15) is 5.82 Å². The number of alkyl halides is 3. The quantitative estimate of drug-likeness (QED) is 0.911. The summed E-state index contributed by atoms with van der Waals surface area (Å²) in [5.41, 5.74) is 1.59. The molecule has 0 spiro atoms. The van der Waals surface area contributed by atoms with Crippen LogP contribution in [0.2, 0.25) is 5.02 Å². The number of rotatable bonds is 5. The molecular weight excluding hydrogens is 291 g/mol. The van der Waals surface area contributed by atoms with Gasteiger partial charge in [0, 0.05) is 11.6 Å². The topological polar surface area (TPSA) is 29.9 Å². The largest absolute Gasteiger partial charge is 0.401 e. The Morgan fingerprint density at radius 3 is 2.75 bits per heavy atom. The van der Waals surface area contributed by atoms with E-state index < -0.39 is 12.7 Å². The minimum atomic E-state index is -4.22. The first-order chi connectivity index (χ1) is 9.40. The molecule has 7 heteroatoms. The van der Waals surface area contributed by atoms with E-state index >= 15 is 0 Å². The molecule has 0 saturated carbocycles. The number of aromatic nitrogens is 2. The summed E-state index contributed by atoms with van der Waals surface area (Å²) in [5.74, 6) is 0.591. The van der Waals surface area contributed by atoms with E-state index in [-0.39, 0.29) is 6.54 Å². The highest BCUT2D eigenvalue weighted by atomic mass is 35.5. The van der Waals surface area contributed by atoms with Crippen LogP contribution in [0.3, 0.4) is 0 Å². The average Bonchev–Trinajstić information content (AvgIpc) is 2.66. The second kappa shape index (κ2) is 6.01. The molecule has 0 fully saturated rings. The number of nitrogens with zero attached hydrogens (tertiary/aromatic N) is 2. The zero-order chi connectivity index (χ0) is 14.8. The van der Waals surface area contributed by atoms with Crippen molar-refractivity contribution < 1.29 is 13.2 Å². The van der Waals surface area contributed by atoms with Crippen LogP contribution in [0.5, 0.6) is 0 Å². The van der Waals surface area contributed by atoms with Gasteiger partial charge in [0.2, 0.25) is 0 Å².